The predicted molar refractivity (Wildman–Crippen MR) is 75.3 cm³/mol. The van der Waals surface area contributed by atoms with Gasteiger partial charge in [0.1, 0.15) is 5.75 Å². The highest BCUT2D eigenvalue weighted by Gasteiger charge is 2.20. The molecule has 0 atom stereocenters. The van der Waals surface area contributed by atoms with Crippen LogP contribution in [0.5, 0.6) is 5.75 Å². The third-order valence-corrected chi connectivity index (χ3v) is 3.67. The van der Waals surface area contributed by atoms with E-state index in [0.29, 0.717) is 23.2 Å². The molecule has 0 amide bonds. The summed E-state index contributed by atoms with van der Waals surface area (Å²) in [5.41, 5.74) is 6.37. The molecule has 106 valence electrons. The SMILES string of the molecule is Nc1cccc(OCc2nc(C3CCCCC3)no2)c1. The number of benzene rings is 1. The number of rotatable bonds is 4. The van der Waals surface area contributed by atoms with Gasteiger partial charge in [0.15, 0.2) is 12.4 Å². The Morgan fingerprint density at radius 1 is 1.25 bits per heavy atom. The fraction of sp³-hybridized carbons (Fsp3) is 0.467. The van der Waals surface area contributed by atoms with E-state index in [0.717, 1.165) is 18.7 Å². The van der Waals surface area contributed by atoms with Crippen LogP contribution in [-0.4, -0.2) is 10.1 Å². The Morgan fingerprint density at radius 3 is 2.90 bits per heavy atom. The van der Waals surface area contributed by atoms with Gasteiger partial charge in [-0.2, -0.15) is 4.98 Å². The van der Waals surface area contributed by atoms with Crippen molar-refractivity contribution in [1.29, 1.82) is 0 Å². The minimum atomic E-state index is 0.281. The Balaban J connectivity index is 1.59. The summed E-state index contributed by atoms with van der Waals surface area (Å²) >= 11 is 0. The zero-order valence-corrected chi connectivity index (χ0v) is 11.4. The van der Waals surface area contributed by atoms with Crippen molar-refractivity contribution >= 4 is 5.69 Å². The molecule has 1 aliphatic rings. The van der Waals surface area contributed by atoms with Crippen LogP contribution in [0.25, 0.3) is 0 Å². The van der Waals surface area contributed by atoms with Gasteiger partial charge in [-0.3, -0.25) is 0 Å². The first kappa shape index (κ1) is 13.0. The lowest BCUT2D eigenvalue weighted by molar-refractivity contribution is 0.242. The van der Waals surface area contributed by atoms with E-state index in [1.54, 1.807) is 6.07 Å². The molecule has 2 N–H and O–H groups in total. The lowest BCUT2D eigenvalue weighted by Crippen LogP contribution is -2.06. The highest BCUT2D eigenvalue weighted by molar-refractivity contribution is 5.43. The summed E-state index contributed by atoms with van der Waals surface area (Å²) in [6.45, 7) is 0.281. The van der Waals surface area contributed by atoms with Crippen molar-refractivity contribution in [3.63, 3.8) is 0 Å². The molecule has 0 saturated heterocycles. The Bertz CT molecular complexity index is 562. The van der Waals surface area contributed by atoms with Gasteiger partial charge < -0.3 is 15.0 Å². The maximum Gasteiger partial charge on any atom is 0.264 e. The van der Waals surface area contributed by atoms with Crippen LogP contribution < -0.4 is 10.5 Å². The van der Waals surface area contributed by atoms with E-state index in [1.807, 2.05) is 18.2 Å². The van der Waals surface area contributed by atoms with Gasteiger partial charge in [0.05, 0.1) is 0 Å². The molecule has 1 aliphatic carbocycles. The zero-order chi connectivity index (χ0) is 13.8. The summed E-state index contributed by atoms with van der Waals surface area (Å²) < 4.78 is 10.8. The highest BCUT2D eigenvalue weighted by atomic mass is 16.5. The Morgan fingerprint density at radius 2 is 2.10 bits per heavy atom. The van der Waals surface area contributed by atoms with E-state index in [1.165, 1.54) is 19.3 Å². The zero-order valence-electron chi connectivity index (χ0n) is 11.4. The van der Waals surface area contributed by atoms with Crippen LogP contribution in [0, 0.1) is 0 Å². The van der Waals surface area contributed by atoms with E-state index in [9.17, 15) is 0 Å². The van der Waals surface area contributed by atoms with Gasteiger partial charge >= 0.3 is 0 Å². The van der Waals surface area contributed by atoms with Crippen molar-refractivity contribution in [3.8, 4) is 5.75 Å². The molecule has 5 nitrogen and oxygen atoms in total. The number of nitrogens with zero attached hydrogens (tertiary/aromatic N) is 2. The highest BCUT2D eigenvalue weighted by Crippen LogP contribution is 2.30. The first-order chi connectivity index (χ1) is 9.81. The monoisotopic (exact) mass is 273 g/mol. The second-order valence-corrected chi connectivity index (χ2v) is 5.24. The van der Waals surface area contributed by atoms with E-state index in [-0.39, 0.29) is 6.61 Å². The first-order valence-corrected chi connectivity index (χ1v) is 7.12. The molecule has 0 bridgehead atoms. The first-order valence-electron chi connectivity index (χ1n) is 7.12. The van der Waals surface area contributed by atoms with Gasteiger partial charge in [-0.05, 0) is 25.0 Å². The van der Waals surface area contributed by atoms with Crippen LogP contribution in [0.4, 0.5) is 5.69 Å². The average molecular weight is 273 g/mol. The Kier molecular flexibility index (Phi) is 3.85. The smallest absolute Gasteiger partial charge is 0.264 e. The van der Waals surface area contributed by atoms with Crippen LogP contribution >= 0.6 is 0 Å². The number of anilines is 1. The van der Waals surface area contributed by atoms with Gasteiger partial charge in [0, 0.05) is 17.7 Å². The van der Waals surface area contributed by atoms with Crippen molar-refractivity contribution < 1.29 is 9.26 Å². The van der Waals surface area contributed by atoms with Crippen LogP contribution in [-0.2, 0) is 6.61 Å². The molecule has 0 unspecified atom stereocenters. The van der Waals surface area contributed by atoms with Gasteiger partial charge in [-0.1, -0.05) is 30.5 Å². The van der Waals surface area contributed by atoms with Crippen molar-refractivity contribution in [1.82, 2.24) is 10.1 Å². The van der Waals surface area contributed by atoms with Gasteiger partial charge in [0.2, 0.25) is 0 Å². The molecule has 0 radical (unpaired) electrons. The second-order valence-electron chi connectivity index (χ2n) is 5.24. The lowest BCUT2D eigenvalue weighted by Gasteiger charge is -2.17. The number of hydrogen-bond acceptors (Lipinski definition) is 5. The van der Waals surface area contributed by atoms with E-state index in [4.69, 9.17) is 15.0 Å². The molecule has 0 aliphatic heterocycles. The number of ether oxygens (including phenoxy) is 1. The van der Waals surface area contributed by atoms with E-state index < -0.39 is 0 Å². The fourth-order valence-electron chi connectivity index (χ4n) is 2.60. The molecular weight excluding hydrogens is 254 g/mol. The summed E-state index contributed by atoms with van der Waals surface area (Å²) in [6.07, 6.45) is 6.16. The Labute approximate surface area is 118 Å². The topological polar surface area (TPSA) is 74.2 Å². The lowest BCUT2D eigenvalue weighted by atomic mass is 9.89. The molecule has 1 fully saturated rings. The molecule has 5 heteroatoms. The summed E-state index contributed by atoms with van der Waals surface area (Å²) in [6, 6.07) is 7.31. The third kappa shape index (κ3) is 3.10. The normalized spacial score (nSPS) is 16.2. The molecule has 1 heterocycles. The standard InChI is InChI=1S/C15H19N3O2/c16-12-7-4-8-13(9-12)19-10-14-17-15(18-20-14)11-5-2-1-3-6-11/h4,7-9,11H,1-3,5-6,10,16H2. The van der Waals surface area contributed by atoms with Crippen molar-refractivity contribution in [2.75, 3.05) is 5.73 Å². The van der Waals surface area contributed by atoms with Crippen LogP contribution in [0.3, 0.4) is 0 Å². The predicted octanol–water partition coefficient (Wildman–Crippen LogP) is 3.28. The number of nitrogen functional groups attached to an aromatic ring is 1. The number of hydrogen-bond donors (Lipinski definition) is 1. The molecule has 2 aromatic rings. The molecule has 20 heavy (non-hydrogen) atoms. The van der Waals surface area contributed by atoms with Crippen LogP contribution in [0.2, 0.25) is 0 Å². The molecule has 3 rings (SSSR count). The minimum Gasteiger partial charge on any atom is -0.484 e. The van der Waals surface area contributed by atoms with Crippen LogP contribution in [0.15, 0.2) is 28.8 Å². The number of nitrogens with two attached hydrogens (primary N) is 1. The largest absolute Gasteiger partial charge is 0.484 e. The molecule has 1 aromatic heterocycles. The molecular formula is C15H19N3O2. The molecule has 1 saturated carbocycles. The minimum absolute atomic E-state index is 0.281. The summed E-state index contributed by atoms with van der Waals surface area (Å²) in [7, 11) is 0. The average Bonchev–Trinajstić information content (AvgIpc) is 2.95. The van der Waals surface area contributed by atoms with Crippen LogP contribution in [0.1, 0.15) is 49.7 Å². The quantitative estimate of drug-likeness (QED) is 0.865. The fourth-order valence-corrected chi connectivity index (χ4v) is 2.60. The van der Waals surface area contributed by atoms with E-state index >= 15 is 0 Å². The number of aromatic nitrogens is 2. The van der Waals surface area contributed by atoms with Gasteiger partial charge in [-0.25, -0.2) is 0 Å². The van der Waals surface area contributed by atoms with Gasteiger partial charge in [0.25, 0.3) is 5.89 Å². The maximum atomic E-state index is 5.70. The summed E-state index contributed by atoms with van der Waals surface area (Å²) in [4.78, 5) is 4.44. The maximum absolute atomic E-state index is 5.70. The van der Waals surface area contributed by atoms with E-state index in [2.05, 4.69) is 10.1 Å². The van der Waals surface area contributed by atoms with Crippen molar-refractivity contribution in [2.45, 2.75) is 44.6 Å². The van der Waals surface area contributed by atoms with Crippen molar-refractivity contribution in [2.24, 2.45) is 0 Å². The molecule has 0 spiro atoms. The van der Waals surface area contributed by atoms with Crippen molar-refractivity contribution in [3.05, 3.63) is 36.0 Å². The third-order valence-electron chi connectivity index (χ3n) is 3.67. The van der Waals surface area contributed by atoms with Gasteiger partial charge in [-0.15, -0.1) is 0 Å². The summed E-state index contributed by atoms with van der Waals surface area (Å²) in [5.74, 6) is 2.51. The Hall–Kier alpha value is -2.04. The second kappa shape index (κ2) is 5.94. The molecule has 1 aromatic carbocycles. The summed E-state index contributed by atoms with van der Waals surface area (Å²) in [5, 5.41) is 4.08.